The Hall–Kier alpha value is -2.88. The van der Waals surface area contributed by atoms with Gasteiger partial charge in [0.1, 0.15) is 29.6 Å². The Labute approximate surface area is 225 Å². The lowest BCUT2D eigenvalue weighted by molar-refractivity contribution is 0.0598. The zero-order valence-electron chi connectivity index (χ0n) is 23.0. The second-order valence-corrected chi connectivity index (χ2v) is 14.0. The first-order valence-electron chi connectivity index (χ1n) is 13.6. The molecule has 1 aromatic heterocycles. The van der Waals surface area contributed by atoms with E-state index in [1.807, 2.05) is 39.5 Å². The van der Waals surface area contributed by atoms with Crippen molar-refractivity contribution in [2.75, 3.05) is 34.4 Å². The molecule has 0 N–H and O–H groups in total. The number of amides is 1. The number of aromatic nitrogens is 2. The van der Waals surface area contributed by atoms with Crippen LogP contribution in [0.25, 0.3) is 0 Å². The normalized spacial score (nSPS) is 21.7. The van der Waals surface area contributed by atoms with E-state index >= 15 is 0 Å². The lowest BCUT2D eigenvalue weighted by Gasteiger charge is -2.32. The molecule has 0 spiro atoms. The largest absolute Gasteiger partial charge is 0.483 e. The van der Waals surface area contributed by atoms with E-state index in [4.69, 9.17) is 9.47 Å². The van der Waals surface area contributed by atoms with Crippen LogP contribution < -0.4 is 14.5 Å². The van der Waals surface area contributed by atoms with Gasteiger partial charge in [-0.2, -0.15) is 0 Å². The Bertz CT molecular complexity index is 1320. The van der Waals surface area contributed by atoms with Gasteiger partial charge in [-0.1, -0.05) is 25.3 Å². The first-order valence-corrected chi connectivity index (χ1v) is 15.4. The summed E-state index contributed by atoms with van der Waals surface area (Å²) < 4.78 is 36.7. The number of carbonyl (C=O) groups excluding carboxylic acids is 1. The molecule has 2 aliphatic heterocycles. The lowest BCUT2D eigenvalue weighted by atomic mass is 9.83. The fourth-order valence-electron chi connectivity index (χ4n) is 5.71. The number of rotatable bonds is 2. The van der Waals surface area contributed by atoms with Gasteiger partial charge in [-0.15, -0.1) is 0 Å². The van der Waals surface area contributed by atoms with Gasteiger partial charge in [0, 0.05) is 13.1 Å². The van der Waals surface area contributed by atoms with Gasteiger partial charge in [-0.05, 0) is 70.6 Å². The fraction of sp³-hybridized carbons (Fsp3) is 0.607. The summed E-state index contributed by atoms with van der Waals surface area (Å²) in [6, 6.07) is 4.26. The number of aryl methyl sites for hydroxylation is 1. The summed E-state index contributed by atoms with van der Waals surface area (Å²) in [6.45, 7) is 10.1. The molecule has 1 saturated carbocycles. The maximum atomic E-state index is 13.9. The molecule has 2 fully saturated rings. The number of benzene rings is 1. The molecular weight excluding hydrogens is 504 g/mol. The highest BCUT2D eigenvalue weighted by Gasteiger charge is 2.38. The van der Waals surface area contributed by atoms with Crippen molar-refractivity contribution < 1.29 is 22.7 Å². The van der Waals surface area contributed by atoms with E-state index in [9.17, 15) is 13.2 Å². The summed E-state index contributed by atoms with van der Waals surface area (Å²) in [5.74, 6) is 2.16. The quantitative estimate of drug-likeness (QED) is 0.484. The van der Waals surface area contributed by atoms with Crippen molar-refractivity contribution in [1.82, 2.24) is 9.97 Å². The Kier molecular flexibility index (Phi) is 7.04. The number of anilines is 3. The van der Waals surface area contributed by atoms with Gasteiger partial charge in [0.2, 0.25) is 0 Å². The van der Waals surface area contributed by atoms with Crippen molar-refractivity contribution in [3.8, 4) is 5.75 Å². The second kappa shape index (κ2) is 10.0. The lowest BCUT2D eigenvalue weighted by Crippen LogP contribution is -2.41. The third kappa shape index (κ3) is 5.32. The van der Waals surface area contributed by atoms with E-state index in [1.54, 1.807) is 0 Å². The molecule has 3 aliphatic rings. The number of nitrogens with zero attached hydrogens (tertiary/aromatic N) is 4. The monoisotopic (exact) mass is 542 g/mol. The zero-order chi connectivity index (χ0) is 27.2. The molecule has 5 rings (SSSR count). The average Bonchev–Trinajstić information content (AvgIpc) is 2.98. The van der Waals surface area contributed by atoms with Crippen LogP contribution in [0.15, 0.2) is 18.5 Å². The third-order valence-electron chi connectivity index (χ3n) is 7.57. The minimum atomic E-state index is -3.08. The highest BCUT2D eigenvalue weighted by molar-refractivity contribution is 7.91. The number of carbonyl (C=O) groups is 1. The highest BCUT2D eigenvalue weighted by Crippen LogP contribution is 2.49. The van der Waals surface area contributed by atoms with Crippen LogP contribution >= 0.6 is 0 Å². The van der Waals surface area contributed by atoms with Gasteiger partial charge in [0.15, 0.2) is 15.7 Å². The highest BCUT2D eigenvalue weighted by atomic mass is 32.2. The van der Waals surface area contributed by atoms with Crippen molar-refractivity contribution in [2.24, 2.45) is 0 Å². The molecule has 38 heavy (non-hydrogen) atoms. The maximum Gasteiger partial charge on any atom is 0.420 e. The van der Waals surface area contributed by atoms with Gasteiger partial charge >= 0.3 is 6.09 Å². The molecular formula is C28H38N4O5S. The van der Waals surface area contributed by atoms with Crippen LogP contribution in [0.4, 0.5) is 22.1 Å². The number of hydrogen-bond acceptors (Lipinski definition) is 8. The molecule has 2 aromatic rings. The average molecular weight is 543 g/mol. The predicted molar refractivity (Wildman–Crippen MR) is 147 cm³/mol. The smallest absolute Gasteiger partial charge is 0.420 e. The topological polar surface area (TPSA) is 102 Å². The number of ether oxygens (including phenoxy) is 2. The third-order valence-corrected chi connectivity index (χ3v) is 9.18. The number of hydrogen-bond donors (Lipinski definition) is 0. The molecule has 3 heterocycles. The molecule has 0 radical (unpaired) electrons. The molecule has 1 aromatic carbocycles. The van der Waals surface area contributed by atoms with Crippen molar-refractivity contribution in [2.45, 2.75) is 84.3 Å². The Morgan fingerprint density at radius 3 is 2.37 bits per heavy atom. The summed E-state index contributed by atoms with van der Waals surface area (Å²) in [4.78, 5) is 26.5. The first kappa shape index (κ1) is 26.7. The van der Waals surface area contributed by atoms with Crippen molar-refractivity contribution in [3.05, 3.63) is 35.2 Å². The van der Waals surface area contributed by atoms with Crippen molar-refractivity contribution >= 4 is 33.3 Å². The van der Waals surface area contributed by atoms with Crippen molar-refractivity contribution in [1.29, 1.82) is 0 Å². The summed E-state index contributed by atoms with van der Waals surface area (Å²) in [7, 11) is -3.08. The Balaban J connectivity index is 1.67. The van der Waals surface area contributed by atoms with E-state index in [-0.39, 0.29) is 11.5 Å². The minimum absolute atomic E-state index is 0.0564. The molecule has 206 valence electrons. The van der Waals surface area contributed by atoms with E-state index in [0.717, 1.165) is 18.4 Å². The first-order chi connectivity index (χ1) is 17.9. The van der Waals surface area contributed by atoms with Crippen LogP contribution in [0.3, 0.4) is 0 Å². The molecule has 1 aliphatic carbocycles. The summed E-state index contributed by atoms with van der Waals surface area (Å²) >= 11 is 0. The summed E-state index contributed by atoms with van der Waals surface area (Å²) in [5, 5.41) is 0. The summed E-state index contributed by atoms with van der Waals surface area (Å²) in [6.07, 6.45) is 6.34. The molecule has 1 saturated heterocycles. The minimum Gasteiger partial charge on any atom is -0.483 e. The van der Waals surface area contributed by atoms with Gasteiger partial charge in [-0.3, -0.25) is 0 Å². The van der Waals surface area contributed by atoms with E-state index < -0.39 is 27.6 Å². The number of fused-ring (bicyclic) bond motifs is 2. The van der Waals surface area contributed by atoms with Crippen molar-refractivity contribution in [3.63, 3.8) is 0 Å². The molecule has 1 atom stereocenters. The molecule has 0 unspecified atom stereocenters. The van der Waals surface area contributed by atoms with Gasteiger partial charge in [-0.25, -0.2) is 28.1 Å². The van der Waals surface area contributed by atoms with Crippen LogP contribution in [0.1, 0.15) is 88.5 Å². The Morgan fingerprint density at radius 2 is 1.71 bits per heavy atom. The maximum absolute atomic E-state index is 13.9. The molecule has 9 nitrogen and oxygen atoms in total. The van der Waals surface area contributed by atoms with Crippen LogP contribution in [-0.2, 0) is 14.6 Å². The van der Waals surface area contributed by atoms with Gasteiger partial charge < -0.3 is 14.4 Å². The van der Waals surface area contributed by atoms with Crippen LogP contribution in [0.2, 0.25) is 0 Å². The van der Waals surface area contributed by atoms with E-state index in [0.29, 0.717) is 47.6 Å². The van der Waals surface area contributed by atoms with Crippen LogP contribution in [0, 0.1) is 6.92 Å². The Morgan fingerprint density at radius 1 is 1.05 bits per heavy atom. The van der Waals surface area contributed by atoms with Crippen LogP contribution in [-0.4, -0.2) is 54.7 Å². The fourth-order valence-corrected chi connectivity index (χ4v) is 6.91. The van der Waals surface area contributed by atoms with Gasteiger partial charge in [0.05, 0.1) is 22.8 Å². The SMILES string of the molecule is Cc1cc(C2CCCCC2)cc2c1O[C@H](C)c1c(N3CCS(=O)(=O)CC3)ncnc1N2C(=O)OC(C)(C)C. The second-order valence-electron chi connectivity index (χ2n) is 11.7. The number of sulfone groups is 1. The zero-order valence-corrected chi connectivity index (χ0v) is 23.8. The predicted octanol–water partition coefficient (Wildman–Crippen LogP) is 5.59. The molecule has 1 amide bonds. The molecule has 10 heteroatoms. The van der Waals surface area contributed by atoms with Gasteiger partial charge in [0.25, 0.3) is 0 Å². The van der Waals surface area contributed by atoms with Crippen LogP contribution in [0.5, 0.6) is 5.75 Å². The molecule has 0 bridgehead atoms. The standard InChI is InChI=1S/C28H38N4O5S/c1-18-15-21(20-9-7-6-8-10-20)16-22-24(18)36-19(2)23-25(31-11-13-38(34,35)14-12-31)29-17-30-26(23)32(22)27(33)37-28(3,4)5/h15-17,19-20H,6-14H2,1-5H3/t19-/m1/s1. The van der Waals surface area contributed by atoms with E-state index in [1.165, 1.54) is 36.1 Å². The summed E-state index contributed by atoms with van der Waals surface area (Å²) in [5.41, 5.74) is 2.70. The van der Waals surface area contributed by atoms with E-state index in [2.05, 4.69) is 22.1 Å².